The zero-order valence-electron chi connectivity index (χ0n) is 14.5. The Bertz CT molecular complexity index is 704. The average Bonchev–Trinajstić information content (AvgIpc) is 2.64. The molecule has 0 fully saturated rings. The number of aryl methyl sites for hydroxylation is 2. The fraction of sp³-hybridized carbons (Fsp3) is 0.182. The summed E-state index contributed by atoms with van der Waals surface area (Å²) in [6.07, 6.45) is 0. The monoisotopic (exact) mass is 356 g/mol. The summed E-state index contributed by atoms with van der Waals surface area (Å²) in [5.41, 5.74) is 4.80. The number of benzene rings is 3. The van der Waals surface area contributed by atoms with Crippen molar-refractivity contribution in [2.45, 2.75) is 26.3 Å². The predicted molar refractivity (Wildman–Crippen MR) is 103 cm³/mol. The Labute approximate surface area is 154 Å². The van der Waals surface area contributed by atoms with Crippen LogP contribution >= 0.6 is 11.6 Å². The van der Waals surface area contributed by atoms with Crippen molar-refractivity contribution in [1.29, 1.82) is 0 Å². The SMILES string of the molecule is Cc1ccc(CCl)cc1.Cc1ccc(COc2ccc(F)cc2)cc1. The Balaban J connectivity index is 0.000000212. The second-order valence-corrected chi connectivity index (χ2v) is 6.11. The highest BCUT2D eigenvalue weighted by Gasteiger charge is 1.96. The fourth-order valence-electron chi connectivity index (χ4n) is 2.06. The highest BCUT2D eigenvalue weighted by atomic mass is 35.5. The van der Waals surface area contributed by atoms with E-state index in [4.69, 9.17) is 16.3 Å². The number of halogens is 2. The van der Waals surface area contributed by atoms with Crippen molar-refractivity contribution >= 4 is 11.6 Å². The summed E-state index contributed by atoms with van der Waals surface area (Å²) < 4.78 is 18.2. The minimum absolute atomic E-state index is 0.248. The predicted octanol–water partition coefficient (Wildman–Crippen LogP) is 6.45. The lowest BCUT2D eigenvalue weighted by Gasteiger charge is -2.06. The van der Waals surface area contributed by atoms with Crippen molar-refractivity contribution in [3.05, 3.63) is 101 Å². The van der Waals surface area contributed by atoms with Crippen molar-refractivity contribution in [3.8, 4) is 5.75 Å². The zero-order chi connectivity index (χ0) is 18.1. The Kier molecular flexibility index (Phi) is 7.49. The molecule has 3 rings (SSSR count). The van der Waals surface area contributed by atoms with E-state index in [1.165, 1.54) is 28.8 Å². The van der Waals surface area contributed by atoms with Gasteiger partial charge in [0.1, 0.15) is 18.2 Å². The number of ether oxygens (including phenoxy) is 1. The van der Waals surface area contributed by atoms with E-state index in [-0.39, 0.29) is 5.82 Å². The van der Waals surface area contributed by atoms with Crippen molar-refractivity contribution < 1.29 is 9.13 Å². The van der Waals surface area contributed by atoms with Crippen LogP contribution in [0.25, 0.3) is 0 Å². The van der Waals surface area contributed by atoms with Gasteiger partial charge < -0.3 is 4.74 Å². The van der Waals surface area contributed by atoms with E-state index in [0.29, 0.717) is 18.2 Å². The summed E-state index contributed by atoms with van der Waals surface area (Å²) in [5, 5.41) is 0. The smallest absolute Gasteiger partial charge is 0.123 e. The van der Waals surface area contributed by atoms with E-state index in [9.17, 15) is 4.39 Å². The van der Waals surface area contributed by atoms with Gasteiger partial charge in [0.05, 0.1) is 0 Å². The first-order valence-corrected chi connectivity index (χ1v) is 8.65. The van der Waals surface area contributed by atoms with Gasteiger partial charge in [0, 0.05) is 5.88 Å². The van der Waals surface area contributed by atoms with E-state index in [1.807, 2.05) is 43.3 Å². The molecule has 3 heteroatoms. The lowest BCUT2D eigenvalue weighted by molar-refractivity contribution is 0.305. The standard InChI is InChI=1S/C14H13FO.C8H9Cl/c1-11-2-4-12(5-3-11)10-16-14-8-6-13(15)7-9-14;1-7-2-4-8(6-9)5-3-7/h2-9H,10H2,1H3;2-5H,6H2,1H3. The van der Waals surface area contributed by atoms with Crippen LogP contribution in [-0.2, 0) is 12.5 Å². The van der Waals surface area contributed by atoms with E-state index in [0.717, 1.165) is 5.56 Å². The minimum atomic E-state index is -0.248. The molecule has 25 heavy (non-hydrogen) atoms. The third-order valence-electron chi connectivity index (χ3n) is 3.61. The molecule has 3 aromatic rings. The normalized spacial score (nSPS) is 9.92. The van der Waals surface area contributed by atoms with Crippen LogP contribution < -0.4 is 4.74 Å². The molecule has 0 aromatic heterocycles. The Morgan fingerprint density at radius 1 is 0.720 bits per heavy atom. The van der Waals surface area contributed by atoms with Crippen LogP contribution in [0.2, 0.25) is 0 Å². The molecule has 3 aromatic carbocycles. The third-order valence-corrected chi connectivity index (χ3v) is 3.92. The van der Waals surface area contributed by atoms with E-state index >= 15 is 0 Å². The van der Waals surface area contributed by atoms with Gasteiger partial charge in [-0.25, -0.2) is 4.39 Å². The summed E-state index contributed by atoms with van der Waals surface area (Å²) in [6.45, 7) is 4.62. The summed E-state index contributed by atoms with van der Waals surface area (Å²) in [4.78, 5) is 0. The van der Waals surface area contributed by atoms with Gasteiger partial charge in [-0.1, -0.05) is 59.7 Å². The summed E-state index contributed by atoms with van der Waals surface area (Å²) in [6, 6.07) is 22.4. The van der Waals surface area contributed by atoms with Gasteiger partial charge in [0.25, 0.3) is 0 Å². The molecule has 0 N–H and O–H groups in total. The molecule has 0 aliphatic rings. The van der Waals surface area contributed by atoms with Crippen LogP contribution in [0, 0.1) is 19.7 Å². The molecule has 0 bridgehead atoms. The highest BCUT2D eigenvalue weighted by molar-refractivity contribution is 6.17. The van der Waals surface area contributed by atoms with Crippen LogP contribution in [-0.4, -0.2) is 0 Å². The van der Waals surface area contributed by atoms with Gasteiger partial charge in [-0.05, 0) is 49.2 Å². The van der Waals surface area contributed by atoms with Gasteiger partial charge in [-0.15, -0.1) is 11.6 Å². The van der Waals surface area contributed by atoms with E-state index in [1.54, 1.807) is 12.1 Å². The first-order chi connectivity index (χ1) is 12.1. The number of alkyl halides is 1. The molecule has 0 saturated carbocycles. The molecule has 0 spiro atoms. The van der Waals surface area contributed by atoms with Gasteiger partial charge in [-0.2, -0.15) is 0 Å². The molecule has 0 atom stereocenters. The molecule has 0 heterocycles. The first-order valence-electron chi connectivity index (χ1n) is 8.12. The van der Waals surface area contributed by atoms with Crippen LogP contribution in [0.15, 0.2) is 72.8 Å². The molecule has 130 valence electrons. The molecule has 0 saturated heterocycles. The van der Waals surface area contributed by atoms with E-state index in [2.05, 4.69) is 19.1 Å². The van der Waals surface area contributed by atoms with Crippen LogP contribution in [0.4, 0.5) is 4.39 Å². The maximum atomic E-state index is 12.6. The molecular weight excluding hydrogens is 335 g/mol. The van der Waals surface area contributed by atoms with Crippen molar-refractivity contribution in [2.24, 2.45) is 0 Å². The number of hydrogen-bond donors (Lipinski definition) is 0. The second-order valence-electron chi connectivity index (χ2n) is 5.85. The van der Waals surface area contributed by atoms with Crippen molar-refractivity contribution in [1.82, 2.24) is 0 Å². The van der Waals surface area contributed by atoms with Gasteiger partial charge in [-0.3, -0.25) is 0 Å². The van der Waals surface area contributed by atoms with Crippen LogP contribution in [0.5, 0.6) is 5.75 Å². The maximum absolute atomic E-state index is 12.6. The summed E-state index contributed by atoms with van der Waals surface area (Å²) in [7, 11) is 0. The van der Waals surface area contributed by atoms with Gasteiger partial charge in [0.15, 0.2) is 0 Å². The second kappa shape index (κ2) is 9.85. The molecule has 0 amide bonds. The van der Waals surface area contributed by atoms with Crippen LogP contribution in [0.3, 0.4) is 0 Å². The van der Waals surface area contributed by atoms with Gasteiger partial charge >= 0.3 is 0 Å². The highest BCUT2D eigenvalue weighted by Crippen LogP contribution is 2.13. The first kappa shape index (κ1) is 19.0. The summed E-state index contributed by atoms with van der Waals surface area (Å²) >= 11 is 5.58. The van der Waals surface area contributed by atoms with Gasteiger partial charge in [0.2, 0.25) is 0 Å². The Morgan fingerprint density at radius 2 is 1.20 bits per heavy atom. The Morgan fingerprint density at radius 3 is 1.68 bits per heavy atom. The number of rotatable bonds is 4. The van der Waals surface area contributed by atoms with Crippen LogP contribution in [0.1, 0.15) is 22.3 Å². The molecule has 1 nitrogen and oxygen atoms in total. The minimum Gasteiger partial charge on any atom is -0.489 e. The zero-order valence-corrected chi connectivity index (χ0v) is 15.3. The van der Waals surface area contributed by atoms with Crippen molar-refractivity contribution in [2.75, 3.05) is 0 Å². The lowest BCUT2D eigenvalue weighted by Crippen LogP contribution is -1.95. The quantitative estimate of drug-likeness (QED) is 0.488. The Hall–Kier alpha value is -2.32. The molecule has 0 aliphatic carbocycles. The molecular formula is C22H22ClFO. The fourth-order valence-corrected chi connectivity index (χ4v) is 2.24. The van der Waals surface area contributed by atoms with Crippen molar-refractivity contribution in [3.63, 3.8) is 0 Å². The average molecular weight is 357 g/mol. The third kappa shape index (κ3) is 6.98. The molecule has 0 unspecified atom stereocenters. The topological polar surface area (TPSA) is 9.23 Å². The summed E-state index contributed by atoms with van der Waals surface area (Å²) in [5.74, 6) is 1.05. The lowest BCUT2D eigenvalue weighted by atomic mass is 10.2. The maximum Gasteiger partial charge on any atom is 0.123 e. The molecule has 0 radical (unpaired) electrons. The largest absolute Gasteiger partial charge is 0.489 e. The number of hydrogen-bond acceptors (Lipinski definition) is 1. The van der Waals surface area contributed by atoms with E-state index < -0.39 is 0 Å². The molecule has 0 aliphatic heterocycles.